The molecule has 4 rings (SSSR count). The molecule has 1 atom stereocenters. The first kappa shape index (κ1) is 23.3. The van der Waals surface area contributed by atoms with Crippen LogP contribution in [0.2, 0.25) is 0 Å². The first-order chi connectivity index (χ1) is 16.3. The number of fused-ring (bicyclic) bond motifs is 1. The van der Waals surface area contributed by atoms with Crippen molar-refractivity contribution in [3.8, 4) is 5.75 Å². The van der Waals surface area contributed by atoms with Crippen molar-refractivity contribution in [3.05, 3.63) is 89.4 Å². The number of amides is 1. The normalized spacial score (nSPS) is 16.1. The standard InChI is InChI=1S/C27H28N2O5/c1-5-14-33-20-9-7-18(8-10-20)24-23(26(31)27(32)29(24)13-12-28(3)4)25(30)22-16-19-15-17(2)6-11-21(19)34-22/h5-11,15-16,24,31H,1,12-14H2,2-4H3. The fourth-order valence-corrected chi connectivity index (χ4v) is 4.08. The number of rotatable bonds is 9. The summed E-state index contributed by atoms with van der Waals surface area (Å²) in [4.78, 5) is 30.1. The predicted molar refractivity (Wildman–Crippen MR) is 130 cm³/mol. The van der Waals surface area contributed by atoms with E-state index < -0.39 is 23.5 Å². The topological polar surface area (TPSA) is 83.2 Å². The molecule has 0 saturated carbocycles. The van der Waals surface area contributed by atoms with Crippen molar-refractivity contribution in [2.24, 2.45) is 0 Å². The molecular formula is C27H28N2O5. The lowest BCUT2D eigenvalue weighted by Gasteiger charge is -2.28. The maximum atomic E-state index is 13.6. The third kappa shape index (κ3) is 4.47. The molecule has 1 amide bonds. The van der Waals surface area contributed by atoms with E-state index in [9.17, 15) is 14.7 Å². The molecular weight excluding hydrogens is 432 g/mol. The van der Waals surface area contributed by atoms with Gasteiger partial charge in [0.15, 0.2) is 11.5 Å². The van der Waals surface area contributed by atoms with E-state index in [-0.39, 0.29) is 11.3 Å². The van der Waals surface area contributed by atoms with E-state index in [1.54, 1.807) is 42.5 Å². The lowest BCUT2D eigenvalue weighted by atomic mass is 9.95. The predicted octanol–water partition coefficient (Wildman–Crippen LogP) is 4.45. The van der Waals surface area contributed by atoms with Crippen LogP contribution in [0.15, 0.2) is 76.9 Å². The number of likely N-dealkylation sites (N-methyl/N-ethyl adjacent to an activating group) is 1. The van der Waals surface area contributed by atoms with Gasteiger partial charge in [0.2, 0.25) is 5.78 Å². The van der Waals surface area contributed by atoms with Crippen LogP contribution < -0.4 is 4.74 Å². The SMILES string of the molecule is C=CCOc1ccc(C2C(C(=O)c3cc4cc(C)ccc4o3)=C(O)C(=O)N2CCN(C)C)cc1. The maximum absolute atomic E-state index is 13.6. The molecule has 2 aromatic carbocycles. The minimum absolute atomic E-state index is 0.0132. The van der Waals surface area contributed by atoms with Crippen molar-refractivity contribution in [3.63, 3.8) is 0 Å². The Morgan fingerprint density at radius 3 is 2.62 bits per heavy atom. The van der Waals surface area contributed by atoms with Gasteiger partial charge in [-0.05, 0) is 56.9 Å². The molecule has 34 heavy (non-hydrogen) atoms. The first-order valence-electron chi connectivity index (χ1n) is 11.1. The Hall–Kier alpha value is -3.84. The maximum Gasteiger partial charge on any atom is 0.290 e. The molecule has 7 heteroatoms. The Balaban J connectivity index is 1.74. The number of benzene rings is 2. The molecule has 176 valence electrons. The summed E-state index contributed by atoms with van der Waals surface area (Å²) in [6, 6.07) is 13.7. The zero-order valence-electron chi connectivity index (χ0n) is 19.6. The summed E-state index contributed by atoms with van der Waals surface area (Å²) in [5, 5.41) is 11.6. The minimum Gasteiger partial charge on any atom is -0.503 e. The van der Waals surface area contributed by atoms with E-state index in [4.69, 9.17) is 9.15 Å². The number of ketones is 1. The number of aliphatic hydroxyl groups is 1. The second-order valence-corrected chi connectivity index (χ2v) is 8.62. The highest BCUT2D eigenvalue weighted by Gasteiger charge is 2.44. The van der Waals surface area contributed by atoms with Crippen LogP contribution in [0, 0.1) is 6.92 Å². The molecule has 1 N–H and O–H groups in total. The molecule has 1 unspecified atom stereocenters. The number of furan rings is 1. The minimum atomic E-state index is -0.747. The molecule has 0 bridgehead atoms. The Kier molecular flexibility index (Phi) is 6.56. The summed E-state index contributed by atoms with van der Waals surface area (Å²) in [5.41, 5.74) is 2.32. The lowest BCUT2D eigenvalue weighted by molar-refractivity contribution is -0.129. The van der Waals surface area contributed by atoms with Crippen molar-refractivity contribution < 1.29 is 23.8 Å². The summed E-state index contributed by atoms with van der Waals surface area (Å²) in [6.07, 6.45) is 1.65. The third-order valence-corrected chi connectivity index (χ3v) is 5.80. The Morgan fingerprint density at radius 2 is 1.94 bits per heavy atom. The van der Waals surface area contributed by atoms with Gasteiger partial charge in [-0.2, -0.15) is 0 Å². The largest absolute Gasteiger partial charge is 0.503 e. The van der Waals surface area contributed by atoms with Gasteiger partial charge in [-0.3, -0.25) is 9.59 Å². The fraction of sp³-hybridized carbons (Fsp3) is 0.259. The number of carbonyl (C=O) groups excluding carboxylic acids is 2. The van der Waals surface area contributed by atoms with Gasteiger partial charge in [0, 0.05) is 18.5 Å². The van der Waals surface area contributed by atoms with Crippen LogP contribution in [0.5, 0.6) is 5.75 Å². The summed E-state index contributed by atoms with van der Waals surface area (Å²) >= 11 is 0. The summed E-state index contributed by atoms with van der Waals surface area (Å²) in [7, 11) is 3.80. The van der Waals surface area contributed by atoms with Gasteiger partial charge in [-0.1, -0.05) is 36.4 Å². The van der Waals surface area contributed by atoms with Crippen LogP contribution in [-0.2, 0) is 4.79 Å². The number of aliphatic hydroxyl groups excluding tert-OH is 1. The molecule has 0 aliphatic carbocycles. The van der Waals surface area contributed by atoms with E-state index in [1.807, 2.05) is 38.1 Å². The van der Waals surface area contributed by atoms with Gasteiger partial charge in [0.25, 0.3) is 5.91 Å². The van der Waals surface area contributed by atoms with Crippen molar-refractivity contribution in [2.75, 3.05) is 33.8 Å². The van der Waals surface area contributed by atoms with Gasteiger partial charge < -0.3 is 24.1 Å². The number of carbonyl (C=O) groups is 2. The Labute approximate surface area is 198 Å². The highest BCUT2D eigenvalue weighted by molar-refractivity contribution is 6.16. The van der Waals surface area contributed by atoms with Crippen molar-refractivity contribution in [1.82, 2.24) is 9.80 Å². The highest BCUT2D eigenvalue weighted by Crippen LogP contribution is 2.40. The van der Waals surface area contributed by atoms with E-state index >= 15 is 0 Å². The van der Waals surface area contributed by atoms with E-state index in [0.717, 1.165) is 10.9 Å². The van der Waals surface area contributed by atoms with E-state index in [1.165, 1.54) is 4.90 Å². The van der Waals surface area contributed by atoms with Gasteiger partial charge in [0.1, 0.15) is 17.9 Å². The summed E-state index contributed by atoms with van der Waals surface area (Å²) in [5.74, 6) is -0.905. The molecule has 0 spiro atoms. The van der Waals surface area contributed by atoms with Crippen LogP contribution in [0.1, 0.15) is 27.7 Å². The molecule has 2 heterocycles. The van der Waals surface area contributed by atoms with E-state index in [2.05, 4.69) is 6.58 Å². The van der Waals surface area contributed by atoms with Crippen LogP contribution in [0.25, 0.3) is 11.0 Å². The monoisotopic (exact) mass is 460 g/mol. The molecule has 7 nitrogen and oxygen atoms in total. The lowest BCUT2D eigenvalue weighted by Crippen LogP contribution is -2.36. The second-order valence-electron chi connectivity index (χ2n) is 8.62. The number of Topliss-reactive ketones (excluding diaryl/α,β-unsaturated/α-hetero) is 1. The Morgan fingerprint density at radius 1 is 1.21 bits per heavy atom. The number of ether oxygens (including phenoxy) is 1. The Bertz CT molecular complexity index is 1270. The molecule has 1 aromatic heterocycles. The number of hydrogen-bond donors (Lipinski definition) is 1. The van der Waals surface area contributed by atoms with Crippen LogP contribution >= 0.6 is 0 Å². The number of nitrogens with zero attached hydrogens (tertiary/aromatic N) is 2. The quantitative estimate of drug-likeness (QED) is 0.375. The second kappa shape index (κ2) is 9.57. The van der Waals surface area contributed by atoms with Crippen LogP contribution in [0.4, 0.5) is 0 Å². The van der Waals surface area contributed by atoms with Crippen LogP contribution in [-0.4, -0.2) is 60.4 Å². The van der Waals surface area contributed by atoms with Gasteiger partial charge >= 0.3 is 0 Å². The van der Waals surface area contributed by atoms with E-state index in [0.29, 0.717) is 36.6 Å². The molecule has 0 saturated heterocycles. The first-order valence-corrected chi connectivity index (χ1v) is 11.1. The molecule has 0 fully saturated rings. The average Bonchev–Trinajstić information content (AvgIpc) is 3.35. The van der Waals surface area contributed by atoms with Gasteiger partial charge in [-0.15, -0.1) is 0 Å². The number of hydrogen-bond acceptors (Lipinski definition) is 6. The van der Waals surface area contributed by atoms with Crippen molar-refractivity contribution in [2.45, 2.75) is 13.0 Å². The molecule has 1 aliphatic rings. The van der Waals surface area contributed by atoms with Crippen molar-refractivity contribution >= 4 is 22.7 Å². The molecule has 3 aromatic rings. The zero-order valence-corrected chi connectivity index (χ0v) is 19.6. The smallest absolute Gasteiger partial charge is 0.290 e. The van der Waals surface area contributed by atoms with Crippen LogP contribution in [0.3, 0.4) is 0 Å². The van der Waals surface area contributed by atoms with Gasteiger partial charge in [-0.25, -0.2) is 0 Å². The summed E-state index contributed by atoms with van der Waals surface area (Å²) < 4.78 is 11.4. The zero-order chi connectivity index (χ0) is 24.4. The molecule has 1 aliphatic heterocycles. The average molecular weight is 461 g/mol. The third-order valence-electron chi connectivity index (χ3n) is 5.80. The fourth-order valence-electron chi connectivity index (χ4n) is 4.08. The highest BCUT2D eigenvalue weighted by atomic mass is 16.5. The molecule has 0 radical (unpaired) electrons. The van der Waals surface area contributed by atoms with Gasteiger partial charge in [0.05, 0.1) is 11.6 Å². The summed E-state index contributed by atoms with van der Waals surface area (Å²) in [6.45, 7) is 6.88. The number of aryl methyl sites for hydroxylation is 1. The van der Waals surface area contributed by atoms with Crippen molar-refractivity contribution in [1.29, 1.82) is 0 Å².